The van der Waals surface area contributed by atoms with Crippen LogP contribution < -0.4 is 0 Å². The van der Waals surface area contributed by atoms with Gasteiger partial charge in [0.2, 0.25) is 0 Å². The number of hydrogen-bond donors (Lipinski definition) is 0. The van der Waals surface area contributed by atoms with E-state index in [0.717, 1.165) is 11.3 Å². The highest BCUT2D eigenvalue weighted by molar-refractivity contribution is 7.10. The Morgan fingerprint density at radius 3 is 2.00 bits per heavy atom. The average Bonchev–Trinajstić information content (AvgIpc) is 2.11. The Bertz CT molecular complexity index is 258. The van der Waals surface area contributed by atoms with Gasteiger partial charge in [-0.25, -0.2) is 8.78 Å². The number of thiophene rings is 1. The van der Waals surface area contributed by atoms with Crippen molar-refractivity contribution in [2.24, 2.45) is 0 Å². The molecule has 0 N–H and O–H groups in total. The van der Waals surface area contributed by atoms with Crippen LogP contribution in [0.1, 0.15) is 25.6 Å². The molecule has 62 valence electrons. The maximum absolute atomic E-state index is 12.9. The third-order valence-electron chi connectivity index (χ3n) is 1.37. The molecule has 0 bridgehead atoms. The summed E-state index contributed by atoms with van der Waals surface area (Å²) in [6, 6.07) is 0. The lowest BCUT2D eigenvalue weighted by molar-refractivity contribution is 0.480. The topological polar surface area (TPSA) is 0 Å². The first kappa shape index (κ1) is 8.65. The second kappa shape index (κ2) is 2.55. The lowest BCUT2D eigenvalue weighted by Crippen LogP contribution is -2.10. The van der Waals surface area contributed by atoms with Crippen LogP contribution in [0.2, 0.25) is 0 Å². The first-order chi connectivity index (χ1) is 4.93. The summed E-state index contributed by atoms with van der Waals surface area (Å²) in [5.41, 5.74) is -0.293. The van der Waals surface area contributed by atoms with Crippen LogP contribution in [0.3, 0.4) is 0 Å². The van der Waals surface area contributed by atoms with Crippen molar-refractivity contribution in [2.75, 3.05) is 0 Å². The highest BCUT2D eigenvalue weighted by Crippen LogP contribution is 2.31. The lowest BCUT2D eigenvalue weighted by atomic mass is 9.94. The zero-order valence-corrected chi connectivity index (χ0v) is 7.56. The first-order valence-electron chi connectivity index (χ1n) is 3.36. The van der Waals surface area contributed by atoms with Crippen LogP contribution in [0.15, 0.2) is 5.38 Å². The average molecular weight is 176 g/mol. The molecular formula is C8H10F2S. The maximum atomic E-state index is 12.9. The third-order valence-corrected chi connectivity index (χ3v) is 2.72. The summed E-state index contributed by atoms with van der Waals surface area (Å²) in [5.74, 6) is -1.43. The molecule has 0 aliphatic heterocycles. The third kappa shape index (κ3) is 1.59. The Morgan fingerprint density at radius 1 is 1.27 bits per heavy atom. The molecule has 0 fully saturated rings. The van der Waals surface area contributed by atoms with Crippen molar-refractivity contribution in [1.82, 2.24) is 0 Å². The van der Waals surface area contributed by atoms with E-state index in [0.29, 0.717) is 4.88 Å². The lowest BCUT2D eigenvalue weighted by Gasteiger charge is -2.15. The molecule has 0 radical (unpaired) electrons. The number of hydrogen-bond acceptors (Lipinski definition) is 1. The van der Waals surface area contributed by atoms with E-state index in [9.17, 15) is 8.78 Å². The van der Waals surface area contributed by atoms with Crippen molar-refractivity contribution >= 4 is 11.3 Å². The largest absolute Gasteiger partial charge is 0.203 e. The van der Waals surface area contributed by atoms with Gasteiger partial charge in [0, 0.05) is 10.3 Å². The van der Waals surface area contributed by atoms with Gasteiger partial charge in [-0.05, 0) is 5.41 Å². The fourth-order valence-corrected chi connectivity index (χ4v) is 1.71. The molecule has 0 nitrogen and oxygen atoms in total. The van der Waals surface area contributed by atoms with Gasteiger partial charge in [-0.3, -0.25) is 0 Å². The van der Waals surface area contributed by atoms with Gasteiger partial charge in [-0.15, -0.1) is 11.3 Å². The van der Waals surface area contributed by atoms with Crippen molar-refractivity contribution in [3.63, 3.8) is 0 Å². The van der Waals surface area contributed by atoms with E-state index >= 15 is 0 Å². The Kier molecular flexibility index (Phi) is 2.01. The van der Waals surface area contributed by atoms with Crippen LogP contribution in [0, 0.1) is 11.6 Å². The maximum Gasteiger partial charge on any atom is 0.173 e. The fraction of sp³-hybridized carbons (Fsp3) is 0.500. The zero-order valence-electron chi connectivity index (χ0n) is 6.74. The molecular weight excluding hydrogens is 166 g/mol. The van der Waals surface area contributed by atoms with Crippen molar-refractivity contribution in [3.8, 4) is 0 Å². The molecule has 0 unspecified atom stereocenters. The minimum atomic E-state index is -0.736. The van der Waals surface area contributed by atoms with Crippen LogP contribution >= 0.6 is 11.3 Å². The summed E-state index contributed by atoms with van der Waals surface area (Å²) in [4.78, 5) is 0.481. The molecule has 1 aromatic rings. The van der Waals surface area contributed by atoms with E-state index in [-0.39, 0.29) is 5.41 Å². The minimum Gasteiger partial charge on any atom is -0.203 e. The summed E-state index contributed by atoms with van der Waals surface area (Å²) in [7, 11) is 0. The van der Waals surface area contributed by atoms with Crippen LogP contribution in [0.25, 0.3) is 0 Å². The van der Waals surface area contributed by atoms with E-state index in [1.165, 1.54) is 5.38 Å². The fourth-order valence-electron chi connectivity index (χ4n) is 0.829. The predicted octanol–water partition coefficient (Wildman–Crippen LogP) is 3.32. The van der Waals surface area contributed by atoms with Crippen molar-refractivity contribution in [3.05, 3.63) is 21.9 Å². The highest BCUT2D eigenvalue weighted by atomic mass is 32.1. The zero-order chi connectivity index (χ0) is 8.65. The summed E-state index contributed by atoms with van der Waals surface area (Å²) >= 11 is 1.13. The quantitative estimate of drug-likeness (QED) is 0.568. The molecule has 0 aromatic carbocycles. The van der Waals surface area contributed by atoms with Gasteiger partial charge in [0.05, 0.1) is 0 Å². The Labute approximate surface area is 68.9 Å². The molecule has 0 atom stereocenters. The summed E-state index contributed by atoms with van der Waals surface area (Å²) < 4.78 is 25.4. The SMILES string of the molecule is CC(C)(C)c1scc(F)c1F. The standard InChI is InChI=1S/C8H10F2S/c1-8(2,3)7-6(10)5(9)4-11-7/h4H,1-3H3. The van der Waals surface area contributed by atoms with Crippen LogP contribution in [-0.4, -0.2) is 0 Å². The minimum absolute atomic E-state index is 0.293. The van der Waals surface area contributed by atoms with Gasteiger partial charge in [0.25, 0.3) is 0 Å². The van der Waals surface area contributed by atoms with E-state index < -0.39 is 11.6 Å². The molecule has 0 saturated heterocycles. The normalized spacial score (nSPS) is 12.1. The van der Waals surface area contributed by atoms with E-state index in [2.05, 4.69) is 0 Å². The summed E-state index contributed by atoms with van der Waals surface area (Å²) in [6.07, 6.45) is 0. The molecule has 0 amide bonds. The Morgan fingerprint density at radius 2 is 1.82 bits per heavy atom. The second-order valence-corrected chi connectivity index (χ2v) is 4.36. The molecule has 0 saturated carbocycles. The first-order valence-corrected chi connectivity index (χ1v) is 4.24. The molecule has 1 rings (SSSR count). The van der Waals surface area contributed by atoms with Crippen LogP contribution in [0.5, 0.6) is 0 Å². The molecule has 11 heavy (non-hydrogen) atoms. The number of halogens is 2. The van der Waals surface area contributed by atoms with E-state index in [1.54, 1.807) is 0 Å². The Balaban J connectivity index is 3.15. The van der Waals surface area contributed by atoms with Crippen molar-refractivity contribution in [2.45, 2.75) is 26.2 Å². The van der Waals surface area contributed by atoms with Gasteiger partial charge in [0.15, 0.2) is 11.6 Å². The smallest absolute Gasteiger partial charge is 0.173 e. The Hall–Kier alpha value is -0.440. The molecule has 0 aliphatic carbocycles. The predicted molar refractivity (Wildman–Crippen MR) is 42.9 cm³/mol. The van der Waals surface area contributed by atoms with Gasteiger partial charge in [-0.2, -0.15) is 0 Å². The highest BCUT2D eigenvalue weighted by Gasteiger charge is 2.22. The van der Waals surface area contributed by atoms with E-state index in [4.69, 9.17) is 0 Å². The van der Waals surface area contributed by atoms with Crippen molar-refractivity contribution in [1.29, 1.82) is 0 Å². The van der Waals surface area contributed by atoms with Gasteiger partial charge in [0.1, 0.15) is 0 Å². The van der Waals surface area contributed by atoms with Gasteiger partial charge < -0.3 is 0 Å². The van der Waals surface area contributed by atoms with Crippen molar-refractivity contribution < 1.29 is 8.78 Å². The molecule has 1 aromatic heterocycles. The monoisotopic (exact) mass is 176 g/mol. The van der Waals surface area contributed by atoms with E-state index in [1.807, 2.05) is 20.8 Å². The second-order valence-electron chi connectivity index (χ2n) is 3.48. The molecule has 3 heteroatoms. The summed E-state index contributed by atoms with van der Waals surface area (Å²) in [5, 5.41) is 1.20. The molecule has 0 spiro atoms. The van der Waals surface area contributed by atoms with Crippen LogP contribution in [-0.2, 0) is 5.41 Å². The molecule has 0 aliphatic rings. The van der Waals surface area contributed by atoms with Gasteiger partial charge >= 0.3 is 0 Å². The van der Waals surface area contributed by atoms with Gasteiger partial charge in [-0.1, -0.05) is 20.8 Å². The number of rotatable bonds is 0. The van der Waals surface area contributed by atoms with Crippen LogP contribution in [0.4, 0.5) is 8.78 Å². The summed E-state index contributed by atoms with van der Waals surface area (Å²) in [6.45, 7) is 5.59. The molecule has 1 heterocycles.